The van der Waals surface area contributed by atoms with E-state index in [0.29, 0.717) is 11.6 Å². The van der Waals surface area contributed by atoms with Crippen LogP contribution in [0.15, 0.2) is 54.6 Å². The molecule has 2 aromatic carbocycles. The Morgan fingerprint density at radius 3 is 2.21 bits per heavy atom. The van der Waals surface area contributed by atoms with E-state index in [1.165, 1.54) is 5.69 Å². The summed E-state index contributed by atoms with van der Waals surface area (Å²) in [6.45, 7) is 5.18. The molecule has 1 aliphatic rings. The molecule has 3 rings (SSSR count). The van der Waals surface area contributed by atoms with Gasteiger partial charge in [-0.05, 0) is 23.8 Å². The molecule has 0 aromatic heterocycles. The van der Waals surface area contributed by atoms with Crippen molar-refractivity contribution in [3.63, 3.8) is 0 Å². The van der Waals surface area contributed by atoms with Crippen LogP contribution in [0.5, 0.6) is 0 Å². The van der Waals surface area contributed by atoms with Crippen LogP contribution >= 0.6 is 11.6 Å². The topological polar surface area (TPSA) is 64.7 Å². The van der Waals surface area contributed by atoms with E-state index in [1.807, 2.05) is 36.4 Å². The highest BCUT2D eigenvalue weighted by atomic mass is 35.5. The van der Waals surface area contributed by atoms with Gasteiger partial charge in [0.2, 0.25) is 0 Å². The molecule has 0 bridgehead atoms. The van der Waals surface area contributed by atoms with Crippen molar-refractivity contribution >= 4 is 29.1 Å². The van der Waals surface area contributed by atoms with Crippen molar-refractivity contribution in [1.29, 1.82) is 0 Å². The third kappa shape index (κ3) is 5.71. The Hall–Kier alpha value is -2.57. The van der Waals surface area contributed by atoms with Gasteiger partial charge in [-0.2, -0.15) is 0 Å². The maximum Gasteiger partial charge on any atom is 0.309 e. The smallest absolute Gasteiger partial charge is 0.309 e. The van der Waals surface area contributed by atoms with Gasteiger partial charge in [-0.3, -0.25) is 14.5 Å². The second kappa shape index (κ2) is 10.1. The fraction of sp³-hybridized carbons (Fsp3) is 0.333. The van der Waals surface area contributed by atoms with Crippen LogP contribution in [0, 0.1) is 0 Å². The van der Waals surface area contributed by atoms with Crippen LogP contribution in [0.3, 0.4) is 0 Å². The van der Waals surface area contributed by atoms with Crippen LogP contribution in [0.25, 0.3) is 0 Å². The molecule has 7 heteroatoms. The molecule has 148 valence electrons. The molecule has 1 saturated heterocycles. The van der Waals surface area contributed by atoms with Crippen molar-refractivity contribution in [2.45, 2.75) is 6.54 Å². The van der Waals surface area contributed by atoms with E-state index in [-0.39, 0.29) is 6.54 Å². The van der Waals surface area contributed by atoms with E-state index in [4.69, 9.17) is 11.6 Å². The standard InChI is InChI=1S/C21H25ClN4O2/c22-19-9-5-4-6-17(19)16-24-21(28)20(27)23-10-11-25-12-14-26(15-13-25)18-7-2-1-3-8-18/h1-9H,10-16H2,(H,23,27)(H,24,28). The lowest BCUT2D eigenvalue weighted by Gasteiger charge is -2.36. The summed E-state index contributed by atoms with van der Waals surface area (Å²) in [6.07, 6.45) is 0. The summed E-state index contributed by atoms with van der Waals surface area (Å²) in [6, 6.07) is 17.6. The monoisotopic (exact) mass is 400 g/mol. The third-order valence-electron chi connectivity index (χ3n) is 4.81. The number of nitrogens with one attached hydrogen (secondary N) is 2. The molecule has 0 atom stereocenters. The molecule has 2 aromatic rings. The predicted molar refractivity (Wildman–Crippen MR) is 111 cm³/mol. The van der Waals surface area contributed by atoms with Crippen LogP contribution < -0.4 is 15.5 Å². The number of amides is 2. The summed E-state index contributed by atoms with van der Waals surface area (Å²) in [7, 11) is 0. The summed E-state index contributed by atoms with van der Waals surface area (Å²) < 4.78 is 0. The van der Waals surface area contributed by atoms with Gasteiger partial charge in [0, 0.05) is 56.5 Å². The molecule has 2 amide bonds. The van der Waals surface area contributed by atoms with Gasteiger partial charge in [0.05, 0.1) is 0 Å². The SMILES string of the molecule is O=C(NCCN1CCN(c2ccccc2)CC1)C(=O)NCc1ccccc1Cl. The molecule has 1 heterocycles. The Kier molecular flexibility index (Phi) is 7.28. The number of halogens is 1. The van der Waals surface area contributed by atoms with Crippen LogP contribution in [0.4, 0.5) is 5.69 Å². The number of piperazine rings is 1. The molecule has 0 aliphatic carbocycles. The number of carbonyl (C=O) groups is 2. The van der Waals surface area contributed by atoms with Gasteiger partial charge >= 0.3 is 11.8 Å². The normalized spacial score (nSPS) is 14.5. The Balaban J connectivity index is 1.33. The second-order valence-corrected chi connectivity index (χ2v) is 7.10. The average molecular weight is 401 g/mol. The Labute approximate surface area is 170 Å². The Morgan fingerprint density at radius 2 is 1.50 bits per heavy atom. The van der Waals surface area contributed by atoms with Crippen LogP contribution in [-0.2, 0) is 16.1 Å². The summed E-state index contributed by atoms with van der Waals surface area (Å²) in [5, 5.41) is 5.85. The fourth-order valence-corrected chi connectivity index (χ4v) is 3.38. The minimum Gasteiger partial charge on any atom is -0.369 e. The highest BCUT2D eigenvalue weighted by Crippen LogP contribution is 2.15. The molecule has 0 unspecified atom stereocenters. The van der Waals surface area contributed by atoms with E-state index in [9.17, 15) is 9.59 Å². The molecule has 2 N–H and O–H groups in total. The summed E-state index contributed by atoms with van der Waals surface area (Å²) in [5.41, 5.74) is 2.02. The number of anilines is 1. The summed E-state index contributed by atoms with van der Waals surface area (Å²) in [4.78, 5) is 28.5. The van der Waals surface area contributed by atoms with Gasteiger partial charge in [-0.15, -0.1) is 0 Å². The molecule has 6 nitrogen and oxygen atoms in total. The van der Waals surface area contributed by atoms with E-state index >= 15 is 0 Å². The van der Waals surface area contributed by atoms with E-state index < -0.39 is 11.8 Å². The molecule has 1 fully saturated rings. The lowest BCUT2D eigenvalue weighted by Crippen LogP contribution is -2.49. The molecular formula is C21H25ClN4O2. The summed E-state index contributed by atoms with van der Waals surface area (Å²) in [5.74, 6) is -1.26. The van der Waals surface area contributed by atoms with Gasteiger partial charge in [-0.1, -0.05) is 48.0 Å². The number of benzene rings is 2. The predicted octanol–water partition coefficient (Wildman–Crippen LogP) is 1.89. The number of rotatable bonds is 6. The third-order valence-corrected chi connectivity index (χ3v) is 5.18. The zero-order valence-corrected chi connectivity index (χ0v) is 16.5. The van der Waals surface area contributed by atoms with Crippen molar-refractivity contribution in [2.75, 3.05) is 44.2 Å². The van der Waals surface area contributed by atoms with Crippen LogP contribution in [-0.4, -0.2) is 56.0 Å². The highest BCUT2D eigenvalue weighted by molar-refractivity contribution is 6.35. The van der Waals surface area contributed by atoms with Crippen LogP contribution in [0.2, 0.25) is 5.02 Å². The maximum atomic E-state index is 11.9. The molecule has 28 heavy (non-hydrogen) atoms. The first-order valence-corrected chi connectivity index (χ1v) is 9.83. The highest BCUT2D eigenvalue weighted by Gasteiger charge is 2.18. The van der Waals surface area contributed by atoms with Gasteiger partial charge in [0.1, 0.15) is 0 Å². The van der Waals surface area contributed by atoms with Crippen molar-refractivity contribution in [2.24, 2.45) is 0 Å². The molecule has 0 saturated carbocycles. The molecular weight excluding hydrogens is 376 g/mol. The van der Waals surface area contributed by atoms with E-state index in [0.717, 1.165) is 38.3 Å². The van der Waals surface area contributed by atoms with Gasteiger partial charge in [0.15, 0.2) is 0 Å². The zero-order chi connectivity index (χ0) is 19.8. The van der Waals surface area contributed by atoms with E-state index in [2.05, 4.69) is 32.6 Å². The number of para-hydroxylation sites is 1. The first-order valence-electron chi connectivity index (χ1n) is 9.45. The Morgan fingerprint density at radius 1 is 0.857 bits per heavy atom. The Bertz CT molecular complexity index is 792. The second-order valence-electron chi connectivity index (χ2n) is 6.69. The minimum atomic E-state index is -0.645. The first-order chi connectivity index (χ1) is 13.6. The van der Waals surface area contributed by atoms with Crippen molar-refractivity contribution in [1.82, 2.24) is 15.5 Å². The van der Waals surface area contributed by atoms with Gasteiger partial charge < -0.3 is 15.5 Å². The zero-order valence-electron chi connectivity index (χ0n) is 15.7. The van der Waals surface area contributed by atoms with Crippen molar-refractivity contribution in [3.8, 4) is 0 Å². The number of hydrogen-bond donors (Lipinski definition) is 2. The van der Waals surface area contributed by atoms with Gasteiger partial charge in [-0.25, -0.2) is 0 Å². The maximum absolute atomic E-state index is 11.9. The lowest BCUT2D eigenvalue weighted by atomic mass is 10.2. The fourth-order valence-electron chi connectivity index (χ4n) is 3.17. The quantitative estimate of drug-likeness (QED) is 0.727. The molecule has 0 radical (unpaired) electrons. The van der Waals surface area contributed by atoms with Gasteiger partial charge in [0.25, 0.3) is 0 Å². The number of hydrogen-bond acceptors (Lipinski definition) is 4. The molecule has 1 aliphatic heterocycles. The number of carbonyl (C=O) groups excluding carboxylic acids is 2. The summed E-state index contributed by atoms with van der Waals surface area (Å²) >= 11 is 6.05. The van der Waals surface area contributed by atoms with Crippen molar-refractivity contribution in [3.05, 3.63) is 65.2 Å². The van der Waals surface area contributed by atoms with E-state index in [1.54, 1.807) is 6.07 Å². The van der Waals surface area contributed by atoms with Crippen molar-refractivity contribution < 1.29 is 9.59 Å². The first kappa shape index (κ1) is 20.2. The average Bonchev–Trinajstić information content (AvgIpc) is 2.74. The lowest BCUT2D eigenvalue weighted by molar-refractivity contribution is -0.139. The number of nitrogens with zero attached hydrogens (tertiary/aromatic N) is 2. The largest absolute Gasteiger partial charge is 0.369 e. The molecule has 0 spiro atoms. The van der Waals surface area contributed by atoms with Crippen LogP contribution in [0.1, 0.15) is 5.56 Å². The minimum absolute atomic E-state index is 0.230.